The summed E-state index contributed by atoms with van der Waals surface area (Å²) in [6, 6.07) is 13.1. The van der Waals surface area contributed by atoms with Gasteiger partial charge >= 0.3 is 5.97 Å². The number of hydrogen-bond acceptors (Lipinski definition) is 5. The summed E-state index contributed by atoms with van der Waals surface area (Å²) in [5.41, 5.74) is 7.07. The Labute approximate surface area is 170 Å². The molecule has 0 aromatic heterocycles. The lowest BCUT2D eigenvalue weighted by atomic mass is 10.0. The van der Waals surface area contributed by atoms with Crippen molar-refractivity contribution in [2.75, 3.05) is 11.4 Å². The summed E-state index contributed by atoms with van der Waals surface area (Å²) >= 11 is 7.06. The van der Waals surface area contributed by atoms with Crippen molar-refractivity contribution in [1.29, 1.82) is 0 Å². The second-order valence-corrected chi connectivity index (χ2v) is 7.72. The number of amidine groups is 1. The number of carbonyl (C=O) groups excluding carboxylic acids is 2. The normalized spacial score (nSPS) is 16.0. The molecule has 9 heteroatoms. The molecule has 3 rings (SSSR count). The first-order valence-corrected chi connectivity index (χ1v) is 9.52. The molecule has 0 radical (unpaired) electrons. The van der Waals surface area contributed by atoms with Crippen molar-refractivity contribution in [3.8, 4) is 0 Å². The van der Waals surface area contributed by atoms with E-state index >= 15 is 0 Å². The third kappa shape index (κ3) is 4.71. The fraction of sp³-hybridized carbons (Fsp3) is 0.158. The lowest BCUT2D eigenvalue weighted by molar-refractivity contribution is -0.135. The lowest BCUT2D eigenvalue weighted by Crippen LogP contribution is -2.35. The minimum absolute atomic E-state index is 0.234. The van der Waals surface area contributed by atoms with Gasteiger partial charge in [-0.25, -0.2) is 0 Å². The van der Waals surface area contributed by atoms with Gasteiger partial charge in [-0.05, 0) is 48.4 Å². The maximum atomic E-state index is 13.0. The van der Waals surface area contributed by atoms with Crippen LogP contribution in [0.15, 0.2) is 53.5 Å². The zero-order valence-corrected chi connectivity index (χ0v) is 16.1. The average Bonchev–Trinajstić information content (AvgIpc) is 2.97. The maximum absolute atomic E-state index is 13.0. The predicted octanol–water partition coefficient (Wildman–Crippen LogP) is 2.57. The minimum Gasteiger partial charge on any atom is -0.480 e. The first-order valence-electron chi connectivity index (χ1n) is 8.26. The monoisotopic (exact) mass is 417 g/mol. The molecule has 144 valence electrons. The summed E-state index contributed by atoms with van der Waals surface area (Å²) < 4.78 is 0. The summed E-state index contributed by atoms with van der Waals surface area (Å²) in [6.45, 7) is -0.494. The van der Waals surface area contributed by atoms with E-state index in [9.17, 15) is 19.5 Å². The molecule has 0 saturated heterocycles. The number of amides is 2. The highest BCUT2D eigenvalue weighted by atomic mass is 35.5. The van der Waals surface area contributed by atoms with Crippen LogP contribution in [-0.2, 0) is 16.0 Å². The van der Waals surface area contributed by atoms with Crippen LogP contribution in [0.4, 0.5) is 5.69 Å². The number of carbonyl (C=O) groups is 3. The van der Waals surface area contributed by atoms with Crippen molar-refractivity contribution in [2.24, 2.45) is 10.7 Å². The number of nitrogens with two attached hydrogens (primary N) is 1. The summed E-state index contributed by atoms with van der Waals surface area (Å²) in [5, 5.41) is 9.50. The molecule has 0 saturated carbocycles. The van der Waals surface area contributed by atoms with Crippen LogP contribution in [0.5, 0.6) is 0 Å². The fourth-order valence-electron chi connectivity index (χ4n) is 2.77. The van der Waals surface area contributed by atoms with Crippen LogP contribution in [-0.4, -0.2) is 39.9 Å². The number of thioether (sulfide) groups is 1. The van der Waals surface area contributed by atoms with E-state index in [1.807, 2.05) is 0 Å². The Balaban J connectivity index is 1.84. The van der Waals surface area contributed by atoms with E-state index in [1.54, 1.807) is 48.5 Å². The number of rotatable bonds is 6. The number of benzene rings is 2. The number of aliphatic carboxylic acids is 1. The van der Waals surface area contributed by atoms with Crippen LogP contribution in [0.2, 0.25) is 5.02 Å². The number of anilines is 1. The first kappa shape index (κ1) is 19.9. The molecule has 2 aromatic carbocycles. The Morgan fingerprint density at radius 1 is 1.21 bits per heavy atom. The number of aliphatic imine (C=N–C) groups is 1. The molecule has 1 aliphatic heterocycles. The Bertz CT molecular complexity index is 962. The fourth-order valence-corrected chi connectivity index (χ4v) is 3.76. The van der Waals surface area contributed by atoms with Crippen LogP contribution in [0.3, 0.4) is 0 Å². The van der Waals surface area contributed by atoms with Crippen LogP contribution >= 0.6 is 23.4 Å². The highest BCUT2D eigenvalue weighted by Gasteiger charge is 2.27. The van der Waals surface area contributed by atoms with Gasteiger partial charge in [0.25, 0.3) is 11.8 Å². The number of halogens is 1. The van der Waals surface area contributed by atoms with Gasteiger partial charge in [0.2, 0.25) is 0 Å². The zero-order chi connectivity index (χ0) is 20.3. The van der Waals surface area contributed by atoms with Gasteiger partial charge in [0.15, 0.2) is 5.17 Å². The van der Waals surface area contributed by atoms with Gasteiger partial charge in [-0.2, -0.15) is 4.99 Å². The average molecular weight is 418 g/mol. The van der Waals surface area contributed by atoms with Crippen LogP contribution in [0, 0.1) is 0 Å². The molecule has 0 fully saturated rings. The van der Waals surface area contributed by atoms with E-state index in [4.69, 9.17) is 17.3 Å². The predicted molar refractivity (Wildman–Crippen MR) is 109 cm³/mol. The van der Waals surface area contributed by atoms with Gasteiger partial charge in [-0.3, -0.25) is 19.3 Å². The highest BCUT2D eigenvalue weighted by molar-refractivity contribution is 8.15. The summed E-state index contributed by atoms with van der Waals surface area (Å²) in [4.78, 5) is 40.9. The van der Waals surface area contributed by atoms with Gasteiger partial charge < -0.3 is 10.8 Å². The van der Waals surface area contributed by atoms with E-state index in [-0.39, 0.29) is 11.1 Å². The van der Waals surface area contributed by atoms with Crippen molar-refractivity contribution < 1.29 is 19.5 Å². The van der Waals surface area contributed by atoms with Gasteiger partial charge in [-0.15, -0.1) is 0 Å². The molecule has 1 aliphatic rings. The number of carboxylic acid groups (broad SMARTS) is 1. The van der Waals surface area contributed by atoms with E-state index in [2.05, 4.69) is 4.99 Å². The van der Waals surface area contributed by atoms with Crippen LogP contribution in [0.25, 0.3) is 0 Å². The lowest BCUT2D eigenvalue weighted by Gasteiger charge is -2.21. The van der Waals surface area contributed by atoms with E-state index in [0.29, 0.717) is 22.7 Å². The third-order valence-corrected chi connectivity index (χ3v) is 5.27. The van der Waals surface area contributed by atoms with E-state index < -0.39 is 23.7 Å². The molecule has 0 bridgehead atoms. The standard InChI is InChI=1S/C19H16ClN3O4S/c20-13-4-6-14(7-5-13)23(10-16(24)25)18(27)12-3-1-2-11(8-12)9-15-17(26)22-19(21)28-15/h1-8,15H,9-10H2,(H,24,25)(H2,21,22,26). The van der Waals surface area contributed by atoms with Gasteiger partial charge in [0.1, 0.15) is 6.54 Å². The summed E-state index contributed by atoms with van der Waals surface area (Å²) in [6.07, 6.45) is 0.370. The molecule has 3 N–H and O–H groups in total. The molecular weight excluding hydrogens is 402 g/mol. The van der Waals surface area contributed by atoms with Crippen molar-refractivity contribution in [3.05, 3.63) is 64.7 Å². The first-order chi connectivity index (χ1) is 13.3. The molecule has 1 atom stereocenters. The smallest absolute Gasteiger partial charge is 0.323 e. The molecule has 2 aromatic rings. The van der Waals surface area contributed by atoms with Crippen LogP contribution in [0.1, 0.15) is 15.9 Å². The molecule has 0 spiro atoms. The van der Waals surface area contributed by atoms with E-state index in [1.165, 1.54) is 11.8 Å². The second-order valence-electron chi connectivity index (χ2n) is 6.06. The van der Waals surface area contributed by atoms with Gasteiger partial charge in [-0.1, -0.05) is 35.5 Å². The summed E-state index contributed by atoms with van der Waals surface area (Å²) in [5.74, 6) is -1.90. The Morgan fingerprint density at radius 2 is 1.93 bits per heavy atom. The molecule has 28 heavy (non-hydrogen) atoms. The van der Waals surface area contributed by atoms with Crippen molar-refractivity contribution in [1.82, 2.24) is 0 Å². The Morgan fingerprint density at radius 3 is 2.54 bits per heavy atom. The minimum atomic E-state index is -1.14. The van der Waals surface area contributed by atoms with Gasteiger partial charge in [0.05, 0.1) is 5.25 Å². The van der Waals surface area contributed by atoms with Crippen molar-refractivity contribution >= 4 is 52.0 Å². The van der Waals surface area contributed by atoms with Gasteiger partial charge in [0, 0.05) is 16.3 Å². The SMILES string of the molecule is NC1=NC(=O)C(Cc2cccc(C(=O)N(CC(=O)O)c3ccc(Cl)cc3)c2)S1. The quantitative estimate of drug-likeness (QED) is 0.746. The molecule has 0 aliphatic carbocycles. The van der Waals surface area contributed by atoms with Crippen molar-refractivity contribution in [3.63, 3.8) is 0 Å². The second kappa shape index (κ2) is 8.45. The molecule has 1 unspecified atom stereocenters. The molecule has 2 amide bonds. The highest BCUT2D eigenvalue weighted by Crippen LogP contribution is 2.25. The Hall–Kier alpha value is -2.84. The zero-order valence-electron chi connectivity index (χ0n) is 14.5. The number of nitrogens with zero attached hydrogens (tertiary/aromatic N) is 2. The topological polar surface area (TPSA) is 113 Å². The maximum Gasteiger partial charge on any atom is 0.323 e. The largest absolute Gasteiger partial charge is 0.480 e. The van der Waals surface area contributed by atoms with E-state index in [0.717, 1.165) is 10.5 Å². The third-order valence-electron chi connectivity index (χ3n) is 4.03. The molecule has 1 heterocycles. The Kier molecular flexibility index (Phi) is 6.01. The number of hydrogen-bond donors (Lipinski definition) is 2. The molecule has 7 nitrogen and oxygen atoms in total. The van der Waals surface area contributed by atoms with Crippen LogP contribution < -0.4 is 10.6 Å². The summed E-state index contributed by atoms with van der Waals surface area (Å²) in [7, 11) is 0. The number of carboxylic acids is 1. The van der Waals surface area contributed by atoms with Crippen molar-refractivity contribution in [2.45, 2.75) is 11.7 Å². The molecular formula is C19H16ClN3O4S.